The third-order valence-corrected chi connectivity index (χ3v) is 6.57. The van der Waals surface area contributed by atoms with Crippen molar-refractivity contribution < 1.29 is 0 Å². The Morgan fingerprint density at radius 3 is 2.46 bits per heavy atom. The SMILES string of the molecule is CCNC(=NCCc1cnn(C)c1)N1CCN(C2CCC(C(C)C)CC2)CC1. The van der Waals surface area contributed by atoms with Crippen molar-refractivity contribution in [2.45, 2.75) is 58.9 Å². The van der Waals surface area contributed by atoms with E-state index in [0.29, 0.717) is 0 Å². The zero-order chi connectivity index (χ0) is 19.9. The molecule has 0 amide bonds. The minimum absolute atomic E-state index is 0.808. The van der Waals surface area contributed by atoms with E-state index in [1.165, 1.54) is 44.3 Å². The van der Waals surface area contributed by atoms with Crippen molar-refractivity contribution in [2.75, 3.05) is 39.3 Å². The van der Waals surface area contributed by atoms with Gasteiger partial charge in [-0.2, -0.15) is 5.10 Å². The first kappa shape index (κ1) is 21.2. The maximum absolute atomic E-state index is 4.88. The molecule has 0 bridgehead atoms. The summed E-state index contributed by atoms with van der Waals surface area (Å²) in [5, 5.41) is 7.74. The molecule has 2 heterocycles. The molecule has 6 nitrogen and oxygen atoms in total. The van der Waals surface area contributed by atoms with E-state index in [0.717, 1.165) is 56.4 Å². The van der Waals surface area contributed by atoms with Crippen LogP contribution in [0, 0.1) is 11.8 Å². The summed E-state index contributed by atoms with van der Waals surface area (Å²) in [6.45, 7) is 13.2. The van der Waals surface area contributed by atoms with Crippen molar-refractivity contribution >= 4 is 5.96 Å². The Hall–Kier alpha value is -1.56. The fourth-order valence-corrected chi connectivity index (χ4v) is 4.75. The molecule has 0 radical (unpaired) electrons. The molecule has 0 unspecified atom stereocenters. The van der Waals surface area contributed by atoms with Gasteiger partial charge in [0.05, 0.1) is 6.20 Å². The van der Waals surface area contributed by atoms with Gasteiger partial charge in [-0.25, -0.2) is 0 Å². The average Bonchev–Trinajstić information content (AvgIpc) is 3.12. The van der Waals surface area contributed by atoms with Crippen molar-refractivity contribution in [3.63, 3.8) is 0 Å². The Balaban J connectivity index is 1.46. The van der Waals surface area contributed by atoms with Gasteiger partial charge >= 0.3 is 0 Å². The van der Waals surface area contributed by atoms with Crippen LogP contribution in [0.5, 0.6) is 0 Å². The number of rotatable bonds is 6. The van der Waals surface area contributed by atoms with Crippen LogP contribution in [0.25, 0.3) is 0 Å². The highest BCUT2D eigenvalue weighted by Gasteiger charge is 2.29. The maximum Gasteiger partial charge on any atom is 0.194 e. The Morgan fingerprint density at radius 2 is 1.89 bits per heavy atom. The van der Waals surface area contributed by atoms with E-state index in [2.05, 4.69) is 47.2 Å². The predicted octanol–water partition coefficient (Wildman–Crippen LogP) is 2.76. The van der Waals surface area contributed by atoms with Crippen LogP contribution in [0.3, 0.4) is 0 Å². The normalized spacial score (nSPS) is 24.8. The highest BCUT2D eigenvalue weighted by atomic mass is 15.4. The van der Waals surface area contributed by atoms with Crippen molar-refractivity contribution in [2.24, 2.45) is 23.9 Å². The largest absolute Gasteiger partial charge is 0.357 e. The Kier molecular flexibility index (Phi) is 7.77. The van der Waals surface area contributed by atoms with E-state index in [9.17, 15) is 0 Å². The molecule has 2 fully saturated rings. The fourth-order valence-electron chi connectivity index (χ4n) is 4.75. The molecule has 28 heavy (non-hydrogen) atoms. The standard InChI is InChI=1S/C22H40N6/c1-5-23-22(24-11-10-19-16-25-26(4)17-19)28-14-12-27(13-15-28)21-8-6-20(7-9-21)18(2)3/h16-18,20-21H,5-15H2,1-4H3,(H,23,24). The molecular formula is C22H40N6. The molecule has 158 valence electrons. The van der Waals surface area contributed by atoms with Gasteiger partial charge < -0.3 is 10.2 Å². The van der Waals surface area contributed by atoms with Gasteiger partial charge in [0, 0.05) is 58.6 Å². The molecule has 1 aliphatic carbocycles. The van der Waals surface area contributed by atoms with E-state index < -0.39 is 0 Å². The van der Waals surface area contributed by atoms with Crippen LogP contribution < -0.4 is 5.32 Å². The number of hydrogen-bond donors (Lipinski definition) is 1. The highest BCUT2D eigenvalue weighted by molar-refractivity contribution is 5.80. The van der Waals surface area contributed by atoms with Crippen LogP contribution in [0.1, 0.15) is 52.0 Å². The fraction of sp³-hybridized carbons (Fsp3) is 0.818. The zero-order valence-electron chi connectivity index (χ0n) is 18.4. The second-order valence-electron chi connectivity index (χ2n) is 8.84. The zero-order valence-corrected chi connectivity index (χ0v) is 18.4. The Labute approximate surface area is 171 Å². The molecule has 1 saturated carbocycles. The van der Waals surface area contributed by atoms with Crippen LogP contribution in [0.4, 0.5) is 0 Å². The van der Waals surface area contributed by atoms with E-state index in [4.69, 9.17) is 4.99 Å². The number of aryl methyl sites for hydroxylation is 1. The predicted molar refractivity (Wildman–Crippen MR) is 117 cm³/mol. The molecule has 1 aromatic rings. The summed E-state index contributed by atoms with van der Waals surface area (Å²) < 4.78 is 1.86. The molecule has 0 atom stereocenters. The van der Waals surface area contributed by atoms with Gasteiger partial charge in [-0.1, -0.05) is 13.8 Å². The lowest BCUT2D eigenvalue weighted by atomic mass is 9.79. The minimum atomic E-state index is 0.808. The van der Waals surface area contributed by atoms with Crippen LogP contribution in [0.15, 0.2) is 17.4 Å². The van der Waals surface area contributed by atoms with E-state index in [1.54, 1.807) is 0 Å². The lowest BCUT2D eigenvalue weighted by Gasteiger charge is -2.43. The second-order valence-corrected chi connectivity index (χ2v) is 8.84. The van der Waals surface area contributed by atoms with Gasteiger partial charge in [-0.3, -0.25) is 14.6 Å². The molecule has 0 spiro atoms. The Bertz CT molecular complexity index is 606. The number of guanidine groups is 1. The van der Waals surface area contributed by atoms with Crippen molar-refractivity contribution in [1.29, 1.82) is 0 Å². The minimum Gasteiger partial charge on any atom is -0.357 e. The lowest BCUT2D eigenvalue weighted by molar-refractivity contribution is 0.0864. The summed E-state index contributed by atoms with van der Waals surface area (Å²) in [7, 11) is 1.96. The van der Waals surface area contributed by atoms with Crippen LogP contribution in [-0.2, 0) is 13.5 Å². The molecule has 1 aliphatic heterocycles. The lowest BCUT2D eigenvalue weighted by Crippen LogP contribution is -2.55. The van der Waals surface area contributed by atoms with Crippen LogP contribution in [0.2, 0.25) is 0 Å². The van der Waals surface area contributed by atoms with Crippen molar-refractivity contribution in [1.82, 2.24) is 24.9 Å². The van der Waals surface area contributed by atoms with Crippen LogP contribution in [-0.4, -0.2) is 70.9 Å². The highest BCUT2D eigenvalue weighted by Crippen LogP contribution is 2.32. The summed E-state index contributed by atoms with van der Waals surface area (Å²) in [6.07, 6.45) is 10.6. The number of aliphatic imine (C=N–C) groups is 1. The molecule has 6 heteroatoms. The van der Waals surface area contributed by atoms with Gasteiger partial charge in [-0.15, -0.1) is 0 Å². The van der Waals surface area contributed by atoms with E-state index >= 15 is 0 Å². The monoisotopic (exact) mass is 388 g/mol. The van der Waals surface area contributed by atoms with Crippen molar-refractivity contribution in [3.8, 4) is 0 Å². The summed E-state index contributed by atoms with van der Waals surface area (Å²) in [4.78, 5) is 10.1. The van der Waals surface area contributed by atoms with Gasteiger partial charge in [0.15, 0.2) is 5.96 Å². The first-order chi connectivity index (χ1) is 13.6. The first-order valence-electron chi connectivity index (χ1n) is 11.3. The summed E-state index contributed by atoms with van der Waals surface area (Å²) in [6, 6.07) is 0.808. The quantitative estimate of drug-likeness (QED) is 0.601. The second kappa shape index (κ2) is 10.3. The average molecular weight is 389 g/mol. The van der Waals surface area contributed by atoms with Gasteiger partial charge in [0.25, 0.3) is 0 Å². The molecule has 1 saturated heterocycles. The third kappa shape index (κ3) is 5.72. The molecule has 1 N–H and O–H groups in total. The van der Waals surface area contributed by atoms with Crippen LogP contribution >= 0.6 is 0 Å². The number of hydrogen-bond acceptors (Lipinski definition) is 3. The summed E-state index contributed by atoms with van der Waals surface area (Å²) in [5.41, 5.74) is 1.25. The Morgan fingerprint density at radius 1 is 1.18 bits per heavy atom. The van der Waals surface area contributed by atoms with Gasteiger partial charge in [0.1, 0.15) is 0 Å². The number of piperazine rings is 1. The number of aromatic nitrogens is 2. The maximum atomic E-state index is 4.88. The summed E-state index contributed by atoms with van der Waals surface area (Å²) in [5.74, 6) is 2.88. The van der Waals surface area contributed by atoms with Crippen molar-refractivity contribution in [3.05, 3.63) is 18.0 Å². The first-order valence-corrected chi connectivity index (χ1v) is 11.3. The van der Waals surface area contributed by atoms with E-state index in [1.807, 2.05) is 17.9 Å². The number of nitrogens with one attached hydrogen (secondary N) is 1. The van der Waals surface area contributed by atoms with E-state index in [-0.39, 0.29) is 0 Å². The molecular weight excluding hydrogens is 348 g/mol. The molecule has 0 aromatic carbocycles. The molecule has 2 aliphatic rings. The summed E-state index contributed by atoms with van der Waals surface area (Å²) >= 11 is 0. The smallest absolute Gasteiger partial charge is 0.194 e. The molecule has 3 rings (SSSR count). The third-order valence-electron chi connectivity index (χ3n) is 6.57. The van der Waals surface area contributed by atoms with Gasteiger partial charge in [-0.05, 0) is 56.4 Å². The topological polar surface area (TPSA) is 48.7 Å². The van der Waals surface area contributed by atoms with Gasteiger partial charge in [0.2, 0.25) is 0 Å². The molecule has 1 aromatic heterocycles. The number of nitrogens with zero attached hydrogens (tertiary/aromatic N) is 5.